The zero-order valence-corrected chi connectivity index (χ0v) is 18.6. The van der Waals surface area contributed by atoms with Gasteiger partial charge in [0.2, 0.25) is 0 Å². The van der Waals surface area contributed by atoms with Crippen LogP contribution in [0.2, 0.25) is 0 Å². The van der Waals surface area contributed by atoms with Gasteiger partial charge in [0.1, 0.15) is 34.0 Å². The molecule has 0 radical (unpaired) electrons. The largest absolute Gasteiger partial charge is 0.456 e. The van der Waals surface area contributed by atoms with Crippen LogP contribution < -0.4 is 20.3 Å². The van der Waals surface area contributed by atoms with Gasteiger partial charge in [0.05, 0.1) is 0 Å². The molecule has 1 heterocycles. The second-order valence-electron chi connectivity index (χ2n) is 7.06. The Hall–Kier alpha value is -3.39. The van der Waals surface area contributed by atoms with Gasteiger partial charge in [-0.1, -0.05) is 6.58 Å². The molecule has 6 nitrogen and oxygen atoms in total. The van der Waals surface area contributed by atoms with Crippen molar-refractivity contribution >= 4 is 22.4 Å². The van der Waals surface area contributed by atoms with Gasteiger partial charge >= 0.3 is 0 Å². The van der Waals surface area contributed by atoms with Crippen LogP contribution >= 0.6 is 0 Å². The van der Waals surface area contributed by atoms with E-state index in [9.17, 15) is 13.4 Å². The summed E-state index contributed by atoms with van der Waals surface area (Å²) in [5.74, 6) is 0.732. The van der Waals surface area contributed by atoms with E-state index in [2.05, 4.69) is 16.6 Å². The van der Waals surface area contributed by atoms with Gasteiger partial charge in [0.25, 0.3) is 5.56 Å². The van der Waals surface area contributed by atoms with Gasteiger partial charge in [0.15, 0.2) is 0 Å². The number of ether oxygens (including phenoxy) is 1. The van der Waals surface area contributed by atoms with Crippen LogP contribution in [0.15, 0.2) is 59.4 Å². The minimum Gasteiger partial charge on any atom is -0.456 e. The highest BCUT2D eigenvalue weighted by molar-refractivity contribution is 7.89. The molecule has 0 saturated carbocycles. The van der Waals surface area contributed by atoms with Crippen molar-refractivity contribution in [3.63, 3.8) is 0 Å². The third-order valence-corrected chi connectivity index (χ3v) is 5.49. The molecule has 3 aromatic rings. The molecule has 2 aromatic carbocycles. The number of hydrogen-bond donors (Lipinski definition) is 2. The molecule has 1 aromatic heterocycles. The molecule has 0 aliphatic carbocycles. The first-order valence-corrected chi connectivity index (χ1v) is 10.7. The van der Waals surface area contributed by atoms with Gasteiger partial charge in [0, 0.05) is 42.5 Å². The summed E-state index contributed by atoms with van der Waals surface area (Å²) in [4.78, 5) is 12.3. The van der Waals surface area contributed by atoms with E-state index in [4.69, 9.17) is 4.74 Å². The number of nitrogens with one attached hydrogen (secondary N) is 2. The van der Waals surface area contributed by atoms with Crippen LogP contribution in [0.3, 0.4) is 0 Å². The summed E-state index contributed by atoms with van der Waals surface area (Å²) in [6, 6.07) is 9.81. The molecule has 0 fully saturated rings. The molecule has 1 atom stereocenters. The molecule has 8 heteroatoms. The van der Waals surface area contributed by atoms with E-state index in [0.29, 0.717) is 45.1 Å². The van der Waals surface area contributed by atoms with Gasteiger partial charge in [-0.05, 0) is 61.4 Å². The summed E-state index contributed by atoms with van der Waals surface area (Å²) < 4.78 is 36.1. The van der Waals surface area contributed by atoms with Crippen LogP contribution in [0.4, 0.5) is 15.8 Å². The fourth-order valence-electron chi connectivity index (χ4n) is 3.27. The zero-order chi connectivity index (χ0) is 22.7. The summed E-state index contributed by atoms with van der Waals surface area (Å²) >= 11 is 0. The van der Waals surface area contributed by atoms with Crippen molar-refractivity contribution in [1.29, 1.82) is 0 Å². The van der Waals surface area contributed by atoms with Crippen LogP contribution in [0.25, 0.3) is 11.1 Å². The van der Waals surface area contributed by atoms with Crippen molar-refractivity contribution in [1.82, 2.24) is 4.57 Å². The molecule has 162 valence electrons. The molecule has 2 N–H and O–H groups in total. The van der Waals surface area contributed by atoms with Crippen molar-refractivity contribution in [2.45, 2.75) is 13.8 Å². The van der Waals surface area contributed by atoms with E-state index >= 15 is 0 Å². The number of aromatic nitrogens is 1. The maximum Gasteiger partial charge on any atom is 0.273 e. The van der Waals surface area contributed by atoms with E-state index in [1.54, 1.807) is 58.4 Å². The van der Waals surface area contributed by atoms with E-state index < -0.39 is 11.0 Å². The van der Waals surface area contributed by atoms with E-state index in [0.717, 1.165) is 0 Å². The highest BCUT2D eigenvalue weighted by Crippen LogP contribution is 2.38. The first kappa shape index (κ1) is 22.3. The zero-order valence-electron chi connectivity index (χ0n) is 17.8. The summed E-state index contributed by atoms with van der Waals surface area (Å²) in [5, 5.41) is 4.19. The number of rotatable bonds is 7. The Labute approximate surface area is 183 Å². The second-order valence-corrected chi connectivity index (χ2v) is 8.19. The normalized spacial score (nSPS) is 11.6. The van der Waals surface area contributed by atoms with Gasteiger partial charge in [-0.2, -0.15) is 0 Å². The Morgan fingerprint density at radius 2 is 1.84 bits per heavy atom. The van der Waals surface area contributed by atoms with Crippen LogP contribution in [0.1, 0.15) is 11.1 Å². The molecule has 0 aliphatic rings. The molecule has 0 bridgehead atoms. The van der Waals surface area contributed by atoms with Gasteiger partial charge in [-0.3, -0.25) is 4.79 Å². The highest BCUT2D eigenvalue weighted by atomic mass is 32.2. The number of anilines is 2. The molecule has 31 heavy (non-hydrogen) atoms. The SMILES string of the molecule is C=CS(=O)Nc1ccc(Oc2c(C)cc(F)cc2C)c(-c2cc(NC)c(=O)n(C)c2)c1. The quantitative estimate of drug-likeness (QED) is 0.549. The lowest BCUT2D eigenvalue weighted by atomic mass is 10.0. The van der Waals surface area contributed by atoms with Gasteiger partial charge in [-0.25, -0.2) is 8.60 Å². The first-order chi connectivity index (χ1) is 14.7. The smallest absolute Gasteiger partial charge is 0.273 e. The van der Waals surface area contributed by atoms with Crippen LogP contribution in [-0.4, -0.2) is 15.8 Å². The maximum atomic E-state index is 13.7. The molecule has 0 amide bonds. The number of hydrogen-bond acceptors (Lipinski definition) is 4. The average molecular weight is 442 g/mol. The first-order valence-electron chi connectivity index (χ1n) is 9.50. The van der Waals surface area contributed by atoms with Crippen molar-refractivity contribution in [2.24, 2.45) is 7.05 Å². The molecular formula is C23H24FN3O3S. The van der Waals surface area contributed by atoms with Crippen molar-refractivity contribution < 1.29 is 13.3 Å². The van der Waals surface area contributed by atoms with Crippen molar-refractivity contribution in [3.8, 4) is 22.6 Å². The number of benzene rings is 2. The summed E-state index contributed by atoms with van der Waals surface area (Å²) in [6.45, 7) is 7.07. The number of halogens is 1. The monoisotopic (exact) mass is 441 g/mol. The molecule has 3 rings (SSSR count). The molecular weight excluding hydrogens is 417 g/mol. The Morgan fingerprint density at radius 3 is 2.45 bits per heavy atom. The third-order valence-electron chi connectivity index (χ3n) is 4.75. The van der Waals surface area contributed by atoms with Crippen molar-refractivity contribution in [2.75, 3.05) is 17.1 Å². The van der Waals surface area contributed by atoms with Gasteiger partial charge in [-0.15, -0.1) is 0 Å². The summed E-state index contributed by atoms with van der Waals surface area (Å²) in [5.41, 5.74) is 3.56. The lowest BCUT2D eigenvalue weighted by Gasteiger charge is -2.17. The van der Waals surface area contributed by atoms with Crippen LogP contribution in [0, 0.1) is 19.7 Å². The Kier molecular flexibility index (Phi) is 6.60. The van der Waals surface area contributed by atoms with E-state index in [-0.39, 0.29) is 11.4 Å². The predicted molar refractivity (Wildman–Crippen MR) is 125 cm³/mol. The van der Waals surface area contributed by atoms with Gasteiger partial charge < -0.3 is 19.3 Å². The standard InChI is InChI=1S/C23H24FN3O3S/c1-6-31(29)26-18-7-8-21(30-22-14(2)9-17(24)10-15(22)3)19(12-18)16-11-20(25-4)23(28)27(5)13-16/h6-13,25-26H,1H2,2-5H3. The van der Waals surface area contributed by atoms with Crippen LogP contribution in [0.5, 0.6) is 11.5 Å². The fraction of sp³-hybridized carbons (Fsp3) is 0.174. The number of nitrogens with zero attached hydrogens (tertiary/aromatic N) is 1. The number of aryl methyl sites for hydroxylation is 3. The lowest BCUT2D eigenvalue weighted by molar-refractivity contribution is 0.474. The average Bonchev–Trinajstić information content (AvgIpc) is 2.73. The van der Waals surface area contributed by atoms with Crippen LogP contribution in [-0.2, 0) is 18.0 Å². The maximum absolute atomic E-state index is 13.7. The highest BCUT2D eigenvalue weighted by Gasteiger charge is 2.15. The molecule has 0 aliphatic heterocycles. The molecule has 0 saturated heterocycles. The Bertz CT molecular complexity index is 1210. The summed E-state index contributed by atoms with van der Waals surface area (Å²) in [7, 11) is 1.89. The van der Waals surface area contributed by atoms with E-state index in [1.807, 2.05) is 0 Å². The minimum absolute atomic E-state index is 0.166. The van der Waals surface area contributed by atoms with Crippen molar-refractivity contribution in [3.05, 3.63) is 81.9 Å². The third kappa shape index (κ3) is 4.86. The summed E-state index contributed by atoms with van der Waals surface area (Å²) in [6.07, 6.45) is 1.70. The minimum atomic E-state index is -1.45. The number of pyridine rings is 1. The topological polar surface area (TPSA) is 72.4 Å². The Balaban J connectivity index is 2.18. The Morgan fingerprint density at radius 1 is 1.16 bits per heavy atom. The molecule has 0 spiro atoms. The molecule has 1 unspecified atom stereocenters. The van der Waals surface area contributed by atoms with E-state index in [1.165, 1.54) is 22.1 Å². The second kappa shape index (κ2) is 9.18. The lowest BCUT2D eigenvalue weighted by Crippen LogP contribution is -2.19. The predicted octanol–water partition coefficient (Wildman–Crippen LogP) is 4.86. The fourth-order valence-corrected chi connectivity index (χ4v) is 3.72.